The average Bonchev–Trinajstić information content (AvgIpc) is 2.54. The molecule has 1 heterocycles. The van der Waals surface area contributed by atoms with Gasteiger partial charge < -0.3 is 4.74 Å². The average molecular weight is 328 g/mol. The Kier molecular flexibility index (Phi) is 9.03. The lowest BCUT2D eigenvalue weighted by molar-refractivity contribution is 0.0290. The molecule has 0 radical (unpaired) electrons. The van der Waals surface area contributed by atoms with Crippen LogP contribution in [-0.4, -0.2) is 29.5 Å². The Morgan fingerprint density at radius 3 is 2.29 bits per heavy atom. The van der Waals surface area contributed by atoms with Crippen molar-refractivity contribution in [1.29, 1.82) is 0 Å². The van der Waals surface area contributed by atoms with E-state index >= 15 is 0 Å². The number of ether oxygens (including phenoxy) is 1. The maximum absolute atomic E-state index is 5.93. The second-order valence-corrected chi connectivity index (χ2v) is 9.45. The summed E-state index contributed by atoms with van der Waals surface area (Å²) in [5, 5.41) is 0.888. The van der Waals surface area contributed by atoms with Crippen molar-refractivity contribution in [2.24, 2.45) is 5.92 Å². The van der Waals surface area contributed by atoms with E-state index in [0.29, 0.717) is 6.10 Å². The molecule has 0 atom stereocenters. The molecule has 4 heteroatoms. The van der Waals surface area contributed by atoms with Gasteiger partial charge in [-0.15, -0.1) is 0 Å². The van der Waals surface area contributed by atoms with Crippen molar-refractivity contribution in [3.63, 3.8) is 0 Å². The van der Waals surface area contributed by atoms with Crippen LogP contribution in [0, 0.1) is 5.92 Å². The van der Waals surface area contributed by atoms with E-state index in [1.807, 2.05) is 0 Å². The first-order valence-corrected chi connectivity index (χ1v) is 11.3. The molecule has 0 aromatic heterocycles. The lowest BCUT2D eigenvalue weighted by Crippen LogP contribution is -2.29. The smallest absolute Gasteiger partial charge is 0.276 e. The fourth-order valence-electron chi connectivity index (χ4n) is 3.49. The molecule has 1 saturated heterocycles. The zero-order valence-electron chi connectivity index (χ0n) is 14.0. The third-order valence-electron chi connectivity index (χ3n) is 4.87. The minimum Gasteiger partial charge on any atom is -0.378 e. The SMILES string of the molecule is CCCCCC1CSB(C2CCC(OCCC)CC2)SC1. The maximum atomic E-state index is 5.93. The summed E-state index contributed by atoms with van der Waals surface area (Å²) < 4.78 is 5.93. The minimum absolute atomic E-state index is 0.571. The second-order valence-electron chi connectivity index (χ2n) is 6.80. The Labute approximate surface area is 141 Å². The summed E-state index contributed by atoms with van der Waals surface area (Å²) in [5.74, 6) is 4.80. The van der Waals surface area contributed by atoms with Crippen molar-refractivity contribution < 1.29 is 4.74 Å². The highest BCUT2D eigenvalue weighted by molar-refractivity contribution is 8.54. The van der Waals surface area contributed by atoms with Crippen molar-refractivity contribution in [1.82, 2.24) is 0 Å². The predicted octanol–water partition coefficient (Wildman–Crippen LogP) is 5.89. The number of unbranched alkanes of at least 4 members (excludes halogenated alkanes) is 2. The van der Waals surface area contributed by atoms with Crippen LogP contribution in [0.5, 0.6) is 0 Å². The van der Waals surface area contributed by atoms with E-state index in [-0.39, 0.29) is 0 Å². The molecule has 0 aromatic carbocycles. The minimum atomic E-state index is 0.571. The van der Waals surface area contributed by atoms with Crippen molar-refractivity contribution in [2.45, 2.75) is 83.6 Å². The van der Waals surface area contributed by atoms with Crippen LogP contribution in [0.1, 0.15) is 71.6 Å². The van der Waals surface area contributed by atoms with E-state index < -0.39 is 0 Å². The highest BCUT2D eigenvalue weighted by Gasteiger charge is 2.34. The zero-order chi connectivity index (χ0) is 14.9. The van der Waals surface area contributed by atoms with Crippen LogP contribution in [0.3, 0.4) is 0 Å². The van der Waals surface area contributed by atoms with Gasteiger partial charge in [0.1, 0.15) is 0 Å². The second kappa shape index (κ2) is 10.5. The van der Waals surface area contributed by atoms with Gasteiger partial charge in [0.05, 0.1) is 6.10 Å². The molecule has 0 spiro atoms. The van der Waals surface area contributed by atoms with Gasteiger partial charge in [-0.3, -0.25) is 0 Å². The molecule has 2 aliphatic rings. The summed E-state index contributed by atoms with van der Waals surface area (Å²) >= 11 is 4.55. The van der Waals surface area contributed by atoms with Gasteiger partial charge in [-0.1, -0.05) is 46.0 Å². The molecule has 122 valence electrons. The van der Waals surface area contributed by atoms with Crippen molar-refractivity contribution >= 4 is 28.5 Å². The van der Waals surface area contributed by atoms with Crippen molar-refractivity contribution in [3.8, 4) is 0 Å². The quantitative estimate of drug-likeness (QED) is 0.406. The molecule has 0 amide bonds. The van der Waals surface area contributed by atoms with Gasteiger partial charge in [0.25, 0.3) is 5.27 Å². The van der Waals surface area contributed by atoms with E-state index in [1.54, 1.807) is 0 Å². The highest BCUT2D eigenvalue weighted by Crippen LogP contribution is 2.45. The van der Waals surface area contributed by atoms with Crippen LogP contribution in [0.25, 0.3) is 0 Å². The number of hydrogen-bond acceptors (Lipinski definition) is 3. The molecule has 0 unspecified atom stereocenters. The zero-order valence-corrected chi connectivity index (χ0v) is 15.7. The first-order chi connectivity index (χ1) is 10.3. The van der Waals surface area contributed by atoms with Crippen LogP contribution in [-0.2, 0) is 4.74 Å². The molecule has 0 aromatic rings. The van der Waals surface area contributed by atoms with Crippen LogP contribution in [0.2, 0.25) is 5.82 Å². The summed E-state index contributed by atoms with van der Waals surface area (Å²) in [6.07, 6.45) is 12.9. The standard InChI is InChI=1S/C17H33BOS2/c1-3-5-6-7-15-13-20-18(21-14-15)16-8-10-17(11-9-16)19-12-4-2/h15-17H,3-14H2,1-2H3. The summed E-state index contributed by atoms with van der Waals surface area (Å²) in [5.41, 5.74) is 0. The molecule has 0 N–H and O–H groups in total. The van der Waals surface area contributed by atoms with Gasteiger partial charge in [0, 0.05) is 6.61 Å². The Hall–Kier alpha value is 0.725. The van der Waals surface area contributed by atoms with Crippen molar-refractivity contribution in [2.75, 3.05) is 18.1 Å². The van der Waals surface area contributed by atoms with Crippen LogP contribution in [0.4, 0.5) is 0 Å². The molecule has 2 fully saturated rings. The van der Waals surface area contributed by atoms with Crippen molar-refractivity contribution in [3.05, 3.63) is 0 Å². The predicted molar refractivity (Wildman–Crippen MR) is 101 cm³/mol. The fourth-order valence-corrected chi connectivity index (χ4v) is 7.08. The van der Waals surface area contributed by atoms with E-state index in [2.05, 4.69) is 37.1 Å². The maximum Gasteiger partial charge on any atom is 0.276 e. The molecule has 1 aliphatic heterocycles. The number of hydrogen-bond donors (Lipinski definition) is 0. The van der Waals surface area contributed by atoms with E-state index in [4.69, 9.17) is 4.74 Å². The van der Waals surface area contributed by atoms with E-state index in [9.17, 15) is 0 Å². The summed E-state index contributed by atoms with van der Waals surface area (Å²) in [6, 6.07) is 0. The van der Waals surface area contributed by atoms with Crippen LogP contribution in [0.15, 0.2) is 0 Å². The Morgan fingerprint density at radius 1 is 0.952 bits per heavy atom. The molecule has 2 rings (SSSR count). The molecular formula is C17H33BOS2. The lowest BCUT2D eigenvalue weighted by atomic mass is 9.72. The van der Waals surface area contributed by atoms with Gasteiger partial charge in [-0.05, 0) is 48.9 Å². The monoisotopic (exact) mass is 328 g/mol. The molecule has 1 aliphatic carbocycles. The Balaban J connectivity index is 1.60. The van der Waals surface area contributed by atoms with Gasteiger partial charge in [-0.2, -0.15) is 23.2 Å². The normalized spacial score (nSPS) is 28.0. The first-order valence-electron chi connectivity index (χ1n) is 9.18. The third-order valence-corrected chi connectivity index (χ3v) is 8.44. The molecule has 1 nitrogen and oxygen atoms in total. The molecule has 1 saturated carbocycles. The van der Waals surface area contributed by atoms with E-state index in [0.717, 1.165) is 30.0 Å². The summed E-state index contributed by atoms with van der Waals surface area (Å²) in [6.45, 7) is 5.47. The largest absolute Gasteiger partial charge is 0.378 e. The Morgan fingerprint density at radius 2 is 1.67 bits per heavy atom. The topological polar surface area (TPSA) is 9.23 Å². The van der Waals surface area contributed by atoms with Gasteiger partial charge in [-0.25, -0.2) is 0 Å². The first kappa shape index (κ1) is 18.1. The molecule has 21 heavy (non-hydrogen) atoms. The lowest BCUT2D eigenvalue weighted by Gasteiger charge is -2.35. The highest BCUT2D eigenvalue weighted by atomic mass is 32.2. The van der Waals surface area contributed by atoms with Gasteiger partial charge in [0.2, 0.25) is 0 Å². The molecular weight excluding hydrogens is 295 g/mol. The Bertz CT molecular complexity index is 262. The number of rotatable bonds is 8. The van der Waals surface area contributed by atoms with E-state index in [1.165, 1.54) is 62.9 Å². The van der Waals surface area contributed by atoms with Crippen LogP contribution < -0.4 is 0 Å². The van der Waals surface area contributed by atoms with Gasteiger partial charge in [0.15, 0.2) is 0 Å². The fraction of sp³-hybridized carbons (Fsp3) is 1.00. The third kappa shape index (κ3) is 6.39. The summed E-state index contributed by atoms with van der Waals surface area (Å²) in [7, 11) is 0. The summed E-state index contributed by atoms with van der Waals surface area (Å²) in [4.78, 5) is 0. The molecule has 0 bridgehead atoms. The van der Waals surface area contributed by atoms with Crippen LogP contribution >= 0.6 is 23.2 Å². The van der Waals surface area contributed by atoms with Gasteiger partial charge >= 0.3 is 0 Å².